The van der Waals surface area contributed by atoms with Gasteiger partial charge in [-0.15, -0.1) is 0 Å². The van der Waals surface area contributed by atoms with E-state index in [2.05, 4.69) is 0 Å². The van der Waals surface area contributed by atoms with Crippen molar-refractivity contribution in [3.8, 4) is 0 Å². The fourth-order valence-corrected chi connectivity index (χ4v) is 0. The van der Waals surface area contributed by atoms with Crippen LogP contribution >= 0.6 is 0 Å². The molecule has 0 bridgehead atoms. The topological polar surface area (TPSA) is 128 Å². The summed E-state index contributed by atoms with van der Waals surface area (Å²) < 4.78 is 0. The maximum Gasteiger partial charge on any atom is 2.00 e. The van der Waals surface area contributed by atoms with E-state index in [1.807, 2.05) is 0 Å². The average Bonchev–Trinajstić information content (AvgIpc) is 1.38. The van der Waals surface area contributed by atoms with Gasteiger partial charge in [0, 0.05) is 0 Å². The van der Waals surface area contributed by atoms with Crippen LogP contribution in [-0.4, -0.2) is 15.3 Å². The normalized spacial score (nSPS) is 4.00. The molecule has 54 valence electrons. The molecule has 0 aromatic rings. The molecule has 0 saturated carbocycles. The van der Waals surface area contributed by atoms with Crippen molar-refractivity contribution in [2.75, 3.05) is 0 Å². The summed E-state index contributed by atoms with van der Waals surface area (Å²) >= 11 is 0. The van der Waals surface area contributed by atoms with Crippen LogP contribution in [0.3, 0.4) is 0 Å². The largest absolute Gasteiger partial charge is 2.00 e. The monoisotopic (exact) mass is 303 g/mol. The third kappa shape index (κ3) is 42.4. The van der Waals surface area contributed by atoms with E-state index in [1.54, 1.807) is 0 Å². The smallest absolute Gasteiger partial charge is 0.693 e. The Bertz CT molecular complexity index is 53.2. The van der Waals surface area contributed by atoms with Gasteiger partial charge in [-0.25, -0.2) is 0 Å². The molecule has 7 N–H and O–H groups in total. The molecule has 0 aliphatic heterocycles. The summed E-state index contributed by atoms with van der Waals surface area (Å²) in [6, 6.07) is 0. The van der Waals surface area contributed by atoms with Crippen molar-refractivity contribution in [2.45, 2.75) is 0 Å². The van der Waals surface area contributed by atoms with Crippen molar-refractivity contribution in [3.05, 3.63) is 24.5 Å². The molecule has 0 aromatic heterocycles. The molecule has 5 nitrogen and oxygen atoms in total. The zero-order chi connectivity index (χ0) is 4.28. The number of aliphatic hydroxyl groups is 3. The van der Waals surface area contributed by atoms with Crippen LogP contribution < -0.4 is 0 Å². The molecular weight excluding hydrogens is 295 g/mol. The summed E-state index contributed by atoms with van der Waals surface area (Å²) in [4.78, 5) is 0. The Balaban J connectivity index is -0.0000000267. The molecule has 0 aliphatic rings. The molecule has 0 spiro atoms. The van der Waals surface area contributed by atoms with Crippen molar-refractivity contribution in [1.29, 1.82) is 0 Å². The van der Waals surface area contributed by atoms with E-state index in [0.717, 1.165) is 0 Å². The van der Waals surface area contributed by atoms with Crippen LogP contribution in [0, 0.1) is 0 Å². The van der Waals surface area contributed by atoms with Crippen molar-refractivity contribution in [2.24, 2.45) is 0 Å². The summed E-state index contributed by atoms with van der Waals surface area (Å²) in [6.45, 7) is 0. The molecule has 0 heterocycles. The second kappa shape index (κ2) is 15.9. The molecule has 0 unspecified atom stereocenters. The van der Waals surface area contributed by atoms with Gasteiger partial charge < -0.3 is 27.6 Å². The SMILES string of the molecule is OC=C(O)O.[NH2-].[NH2-].[Pt+2]. The summed E-state index contributed by atoms with van der Waals surface area (Å²) in [5.74, 6) is -1.06. The van der Waals surface area contributed by atoms with Gasteiger partial charge in [0.15, 0.2) is 6.26 Å². The molecular formula is C2H8N2O3Pt. The minimum absolute atomic E-state index is 0. The van der Waals surface area contributed by atoms with Crippen molar-refractivity contribution >= 4 is 0 Å². The summed E-state index contributed by atoms with van der Waals surface area (Å²) in [5, 5.41) is 22.5. The number of nitrogens with two attached hydrogens (primary N) is 2. The molecule has 0 aliphatic carbocycles. The minimum atomic E-state index is -1.06. The van der Waals surface area contributed by atoms with Gasteiger partial charge in [0.25, 0.3) is 0 Å². The molecule has 0 rings (SSSR count). The Morgan fingerprint density at radius 3 is 1.25 bits per heavy atom. The summed E-state index contributed by atoms with van der Waals surface area (Å²) in [5.41, 5.74) is 0. The zero-order valence-corrected chi connectivity index (χ0v) is 6.16. The first kappa shape index (κ1) is 25.1. The predicted molar refractivity (Wildman–Crippen MR) is 26.5 cm³/mol. The Kier molecular flexibility index (Phi) is 49.8. The molecule has 0 saturated heterocycles. The number of hydrogen-bond donors (Lipinski definition) is 3. The zero-order valence-electron chi connectivity index (χ0n) is 3.89. The fourth-order valence-electron chi connectivity index (χ4n) is 0. The van der Waals surface area contributed by atoms with E-state index >= 15 is 0 Å². The average molecular weight is 303 g/mol. The van der Waals surface area contributed by atoms with Gasteiger partial charge in [0.2, 0.25) is 0 Å². The van der Waals surface area contributed by atoms with E-state index < -0.39 is 5.95 Å². The van der Waals surface area contributed by atoms with Crippen LogP contribution in [0.4, 0.5) is 0 Å². The van der Waals surface area contributed by atoms with Crippen LogP contribution in [0.5, 0.6) is 0 Å². The Morgan fingerprint density at radius 1 is 1.12 bits per heavy atom. The second-order valence-electron chi connectivity index (χ2n) is 0.487. The molecule has 6 heteroatoms. The van der Waals surface area contributed by atoms with E-state index in [-0.39, 0.29) is 39.6 Å². The number of rotatable bonds is 0. The van der Waals surface area contributed by atoms with Gasteiger partial charge in [-0.3, -0.25) is 0 Å². The number of aliphatic hydroxyl groups excluding tert-OH is 2. The predicted octanol–water partition coefficient (Wildman–Crippen LogP) is 1.89. The molecule has 0 atom stereocenters. The Hall–Kier alpha value is -0.252. The minimum Gasteiger partial charge on any atom is -0.693 e. The van der Waals surface area contributed by atoms with Crippen LogP contribution in [0.15, 0.2) is 12.2 Å². The fraction of sp³-hybridized carbons (Fsp3) is 0. The molecule has 0 amide bonds. The number of hydrogen-bond acceptors (Lipinski definition) is 3. The summed E-state index contributed by atoms with van der Waals surface area (Å²) in [7, 11) is 0. The first-order valence-electron chi connectivity index (χ1n) is 0.994. The van der Waals surface area contributed by atoms with Crippen LogP contribution in [0.2, 0.25) is 0 Å². The Labute approximate surface area is 61.5 Å². The van der Waals surface area contributed by atoms with E-state index in [1.165, 1.54) is 0 Å². The van der Waals surface area contributed by atoms with Gasteiger partial charge in [-0.1, -0.05) is 0 Å². The van der Waals surface area contributed by atoms with E-state index in [0.29, 0.717) is 0 Å². The third-order valence-corrected chi connectivity index (χ3v) is 0.115. The maximum atomic E-state index is 7.53. The second-order valence-corrected chi connectivity index (χ2v) is 0.487. The first-order chi connectivity index (χ1) is 2.27. The quantitative estimate of drug-likeness (QED) is 0.591. The molecule has 0 fully saturated rings. The van der Waals surface area contributed by atoms with Crippen molar-refractivity contribution in [1.82, 2.24) is 0 Å². The molecule has 0 aromatic carbocycles. The summed E-state index contributed by atoms with van der Waals surface area (Å²) in [6.07, 6.45) is 0.194. The van der Waals surface area contributed by atoms with Gasteiger partial charge in [-0.2, -0.15) is 0 Å². The van der Waals surface area contributed by atoms with E-state index in [9.17, 15) is 0 Å². The van der Waals surface area contributed by atoms with Crippen molar-refractivity contribution in [3.63, 3.8) is 0 Å². The maximum absolute atomic E-state index is 7.53. The van der Waals surface area contributed by atoms with Gasteiger partial charge in [-0.05, 0) is 0 Å². The van der Waals surface area contributed by atoms with Crippen LogP contribution in [0.25, 0.3) is 12.3 Å². The van der Waals surface area contributed by atoms with Gasteiger partial charge >= 0.3 is 27.0 Å². The molecule has 0 radical (unpaired) electrons. The van der Waals surface area contributed by atoms with Gasteiger partial charge in [0.1, 0.15) is 0 Å². The molecule has 8 heavy (non-hydrogen) atoms. The first-order valence-corrected chi connectivity index (χ1v) is 0.994. The Morgan fingerprint density at radius 2 is 1.25 bits per heavy atom. The standard InChI is InChI=1S/C2H4O3.2H2N.Pt/c3-1-2(4)5;;;/h1,3-5H;2*1H2;/q;2*-1;+2. The van der Waals surface area contributed by atoms with E-state index in [4.69, 9.17) is 15.3 Å². The van der Waals surface area contributed by atoms with Crippen LogP contribution in [0.1, 0.15) is 0 Å². The van der Waals surface area contributed by atoms with Crippen LogP contribution in [-0.2, 0) is 21.1 Å². The third-order valence-electron chi connectivity index (χ3n) is 0.115. The van der Waals surface area contributed by atoms with Crippen molar-refractivity contribution < 1.29 is 36.4 Å². The van der Waals surface area contributed by atoms with Gasteiger partial charge in [0.05, 0.1) is 0 Å².